The first-order valence-corrected chi connectivity index (χ1v) is 8.10. The van der Waals surface area contributed by atoms with Crippen LogP contribution in [0.25, 0.3) is 0 Å². The summed E-state index contributed by atoms with van der Waals surface area (Å²) in [7, 11) is 2.83. The highest BCUT2D eigenvalue weighted by Gasteiger charge is 2.17. The molecule has 23 heavy (non-hydrogen) atoms. The van der Waals surface area contributed by atoms with Crippen LogP contribution in [0, 0.1) is 5.92 Å². The fourth-order valence-electron chi connectivity index (χ4n) is 2.44. The number of amides is 1. The van der Waals surface area contributed by atoms with E-state index in [1.807, 2.05) is 13.0 Å². The molecule has 0 aliphatic rings. The van der Waals surface area contributed by atoms with Crippen LogP contribution in [0.3, 0.4) is 0 Å². The number of benzene rings is 1. The summed E-state index contributed by atoms with van der Waals surface area (Å²) in [5.41, 5.74) is 1.20. The molecule has 1 aromatic rings. The van der Waals surface area contributed by atoms with Crippen LogP contribution in [0.15, 0.2) is 18.2 Å². The van der Waals surface area contributed by atoms with E-state index in [2.05, 4.69) is 12.2 Å². The molecule has 1 unspecified atom stereocenters. The highest BCUT2D eigenvalue weighted by atomic mass is 16.5. The monoisotopic (exact) mass is 321 g/mol. The molecular formula is C18H27NO4. The summed E-state index contributed by atoms with van der Waals surface area (Å²) in [4.78, 5) is 24.0. The lowest BCUT2D eigenvalue weighted by molar-refractivity contribution is -0.125. The highest BCUT2D eigenvalue weighted by molar-refractivity contribution is 5.92. The second-order valence-corrected chi connectivity index (χ2v) is 5.49. The maximum atomic E-state index is 12.2. The average molecular weight is 321 g/mol. The molecule has 0 saturated carbocycles. The Morgan fingerprint density at radius 3 is 2.52 bits per heavy atom. The number of unbranched alkanes of at least 4 members (excludes halogenated alkanes) is 1. The fourth-order valence-corrected chi connectivity index (χ4v) is 2.44. The Morgan fingerprint density at radius 2 is 1.96 bits per heavy atom. The minimum absolute atomic E-state index is 0.0493. The summed E-state index contributed by atoms with van der Waals surface area (Å²) in [5.74, 6) is 0.121. The Labute approximate surface area is 138 Å². The quantitative estimate of drug-likeness (QED) is 0.709. The maximum Gasteiger partial charge on any atom is 0.341 e. The molecule has 1 rings (SSSR count). The third-order valence-corrected chi connectivity index (χ3v) is 3.91. The lowest BCUT2D eigenvalue weighted by atomic mass is 9.98. The molecule has 1 N–H and O–H groups in total. The van der Waals surface area contributed by atoms with Gasteiger partial charge < -0.3 is 14.8 Å². The molecule has 128 valence electrons. The highest BCUT2D eigenvalue weighted by Crippen LogP contribution is 2.21. The third-order valence-electron chi connectivity index (χ3n) is 3.91. The van der Waals surface area contributed by atoms with E-state index >= 15 is 0 Å². The van der Waals surface area contributed by atoms with E-state index in [0.29, 0.717) is 17.9 Å². The van der Waals surface area contributed by atoms with Crippen molar-refractivity contribution in [3.8, 4) is 5.75 Å². The van der Waals surface area contributed by atoms with Crippen molar-refractivity contribution >= 4 is 11.9 Å². The Balaban J connectivity index is 2.73. The van der Waals surface area contributed by atoms with Crippen molar-refractivity contribution in [2.45, 2.75) is 46.1 Å². The van der Waals surface area contributed by atoms with Crippen LogP contribution in [0.1, 0.15) is 55.5 Å². The number of nitrogens with one attached hydrogen (secondary N) is 1. The Hall–Kier alpha value is -2.04. The minimum Gasteiger partial charge on any atom is -0.496 e. The van der Waals surface area contributed by atoms with Crippen molar-refractivity contribution in [3.05, 3.63) is 29.3 Å². The average Bonchev–Trinajstić information content (AvgIpc) is 2.59. The Kier molecular flexibility index (Phi) is 8.16. The van der Waals surface area contributed by atoms with Crippen molar-refractivity contribution in [1.29, 1.82) is 0 Å². The summed E-state index contributed by atoms with van der Waals surface area (Å²) in [5, 5.41) is 2.95. The molecule has 0 heterocycles. The van der Waals surface area contributed by atoms with Crippen molar-refractivity contribution < 1.29 is 19.1 Å². The zero-order valence-electron chi connectivity index (χ0n) is 14.5. The Bertz CT molecular complexity index is 528. The van der Waals surface area contributed by atoms with Gasteiger partial charge in [-0.15, -0.1) is 0 Å². The van der Waals surface area contributed by atoms with Gasteiger partial charge in [0.1, 0.15) is 11.3 Å². The first-order chi connectivity index (χ1) is 11.1. The van der Waals surface area contributed by atoms with Gasteiger partial charge in [0.05, 0.1) is 14.2 Å². The summed E-state index contributed by atoms with van der Waals surface area (Å²) in [6, 6.07) is 5.23. The van der Waals surface area contributed by atoms with E-state index < -0.39 is 5.97 Å². The van der Waals surface area contributed by atoms with E-state index in [0.717, 1.165) is 31.2 Å². The van der Waals surface area contributed by atoms with Crippen LogP contribution < -0.4 is 10.1 Å². The molecule has 0 saturated heterocycles. The first kappa shape index (κ1) is 19.0. The van der Waals surface area contributed by atoms with Gasteiger partial charge in [-0.2, -0.15) is 0 Å². The van der Waals surface area contributed by atoms with Gasteiger partial charge in [-0.3, -0.25) is 4.79 Å². The second kappa shape index (κ2) is 9.87. The van der Waals surface area contributed by atoms with Crippen LogP contribution >= 0.6 is 0 Å². The van der Waals surface area contributed by atoms with Crippen molar-refractivity contribution in [1.82, 2.24) is 5.32 Å². The van der Waals surface area contributed by atoms with E-state index in [9.17, 15) is 9.59 Å². The van der Waals surface area contributed by atoms with Gasteiger partial charge >= 0.3 is 5.97 Å². The van der Waals surface area contributed by atoms with Crippen LogP contribution in [-0.4, -0.2) is 26.1 Å². The molecule has 0 aromatic heterocycles. The van der Waals surface area contributed by atoms with Crippen LogP contribution in [0.4, 0.5) is 0 Å². The molecular weight excluding hydrogens is 294 g/mol. The minimum atomic E-state index is -0.454. The standard InChI is InChI=1S/C18H27NO4/c1-5-7-8-14(6-2)17(20)19-12-13-9-10-16(22-3)15(11-13)18(21)23-4/h9-11,14H,5-8,12H2,1-4H3,(H,19,20). The lowest BCUT2D eigenvalue weighted by Crippen LogP contribution is -2.30. The van der Waals surface area contributed by atoms with Gasteiger partial charge in [0, 0.05) is 12.5 Å². The smallest absolute Gasteiger partial charge is 0.341 e. The molecule has 0 fully saturated rings. The largest absolute Gasteiger partial charge is 0.496 e. The molecule has 0 aliphatic carbocycles. The van der Waals surface area contributed by atoms with E-state index in [1.165, 1.54) is 14.2 Å². The van der Waals surface area contributed by atoms with Gasteiger partial charge in [0.25, 0.3) is 0 Å². The molecule has 1 amide bonds. The van der Waals surface area contributed by atoms with Crippen molar-refractivity contribution in [2.75, 3.05) is 14.2 Å². The molecule has 0 radical (unpaired) electrons. The van der Waals surface area contributed by atoms with E-state index in [4.69, 9.17) is 9.47 Å². The number of methoxy groups -OCH3 is 2. The van der Waals surface area contributed by atoms with Crippen molar-refractivity contribution in [3.63, 3.8) is 0 Å². The number of rotatable bonds is 9. The molecule has 1 atom stereocenters. The van der Waals surface area contributed by atoms with Gasteiger partial charge in [-0.05, 0) is 30.5 Å². The number of ether oxygens (including phenoxy) is 2. The van der Waals surface area contributed by atoms with Crippen LogP contribution in [0.5, 0.6) is 5.75 Å². The summed E-state index contributed by atoms with van der Waals surface area (Å²) in [6.45, 7) is 4.54. The van der Waals surface area contributed by atoms with Crippen LogP contribution in [-0.2, 0) is 16.1 Å². The van der Waals surface area contributed by atoms with Gasteiger partial charge in [0.15, 0.2) is 0 Å². The molecule has 1 aromatic carbocycles. The number of hydrogen-bond donors (Lipinski definition) is 1. The lowest BCUT2D eigenvalue weighted by Gasteiger charge is -2.15. The zero-order chi connectivity index (χ0) is 17.2. The molecule has 5 nitrogen and oxygen atoms in total. The predicted octanol–water partition coefficient (Wildman–Crippen LogP) is 3.31. The molecule has 0 aliphatic heterocycles. The van der Waals surface area contributed by atoms with Crippen molar-refractivity contribution in [2.24, 2.45) is 5.92 Å². The summed E-state index contributed by atoms with van der Waals surface area (Å²) >= 11 is 0. The molecule has 0 bridgehead atoms. The van der Waals surface area contributed by atoms with Crippen LogP contribution in [0.2, 0.25) is 0 Å². The van der Waals surface area contributed by atoms with Gasteiger partial charge in [-0.1, -0.05) is 32.8 Å². The zero-order valence-corrected chi connectivity index (χ0v) is 14.5. The van der Waals surface area contributed by atoms with Gasteiger partial charge in [-0.25, -0.2) is 4.79 Å². The summed E-state index contributed by atoms with van der Waals surface area (Å²) in [6.07, 6.45) is 3.89. The number of carbonyl (C=O) groups excluding carboxylic acids is 2. The number of esters is 1. The third kappa shape index (κ3) is 5.58. The fraction of sp³-hybridized carbons (Fsp3) is 0.556. The van der Waals surface area contributed by atoms with E-state index in [1.54, 1.807) is 12.1 Å². The van der Waals surface area contributed by atoms with Gasteiger partial charge in [0.2, 0.25) is 5.91 Å². The molecule has 0 spiro atoms. The normalized spacial score (nSPS) is 11.7. The first-order valence-electron chi connectivity index (χ1n) is 8.10. The summed E-state index contributed by atoms with van der Waals surface area (Å²) < 4.78 is 9.91. The maximum absolute atomic E-state index is 12.2. The topological polar surface area (TPSA) is 64.6 Å². The SMILES string of the molecule is CCCCC(CC)C(=O)NCc1ccc(OC)c(C(=O)OC)c1. The molecule has 5 heteroatoms. The Morgan fingerprint density at radius 1 is 1.22 bits per heavy atom. The van der Waals surface area contributed by atoms with E-state index in [-0.39, 0.29) is 11.8 Å². The second-order valence-electron chi connectivity index (χ2n) is 5.49. The number of hydrogen-bond acceptors (Lipinski definition) is 4. The number of carbonyl (C=O) groups is 2. The predicted molar refractivity (Wildman–Crippen MR) is 89.5 cm³/mol.